The van der Waals surface area contributed by atoms with E-state index in [-0.39, 0.29) is 5.91 Å². The monoisotopic (exact) mass is 313 g/mol. The zero-order valence-electron chi connectivity index (χ0n) is 13.2. The standard InChI is InChI=1S/C17H23N5O/c23-17(9-14-5-7-18-8-6-14)20-10-15-3-1-2-4-16(15)11-22-13-19-12-21-22/h1-4,12-14,18H,5-11H2,(H,20,23). The lowest BCUT2D eigenvalue weighted by molar-refractivity contribution is -0.122. The molecule has 1 saturated heterocycles. The molecule has 1 aromatic carbocycles. The number of nitrogens with one attached hydrogen (secondary N) is 2. The molecule has 1 fully saturated rings. The Kier molecular flexibility index (Phi) is 5.37. The van der Waals surface area contributed by atoms with Crippen molar-refractivity contribution in [2.75, 3.05) is 13.1 Å². The molecule has 1 amide bonds. The number of hydrogen-bond acceptors (Lipinski definition) is 4. The van der Waals surface area contributed by atoms with E-state index in [1.807, 2.05) is 12.1 Å². The molecule has 6 heteroatoms. The van der Waals surface area contributed by atoms with Crippen molar-refractivity contribution >= 4 is 5.91 Å². The number of carbonyl (C=O) groups is 1. The average molecular weight is 313 g/mol. The molecule has 3 rings (SSSR count). The quantitative estimate of drug-likeness (QED) is 0.844. The summed E-state index contributed by atoms with van der Waals surface area (Å²) in [5, 5.41) is 10.5. The Labute approximate surface area is 136 Å². The normalized spacial score (nSPS) is 15.5. The summed E-state index contributed by atoms with van der Waals surface area (Å²) in [6.45, 7) is 3.28. The fraction of sp³-hybridized carbons (Fsp3) is 0.471. The molecule has 2 heterocycles. The molecule has 0 atom stereocenters. The first-order chi connectivity index (χ1) is 11.3. The highest BCUT2D eigenvalue weighted by Gasteiger charge is 2.16. The fourth-order valence-electron chi connectivity index (χ4n) is 2.99. The van der Waals surface area contributed by atoms with Crippen LogP contribution in [0.2, 0.25) is 0 Å². The molecule has 2 aromatic rings. The van der Waals surface area contributed by atoms with Gasteiger partial charge in [0.05, 0.1) is 6.54 Å². The molecule has 1 aromatic heterocycles. The number of amides is 1. The van der Waals surface area contributed by atoms with Gasteiger partial charge in [-0.3, -0.25) is 4.79 Å². The Balaban J connectivity index is 1.54. The predicted molar refractivity (Wildman–Crippen MR) is 87.6 cm³/mol. The average Bonchev–Trinajstić information content (AvgIpc) is 3.08. The first-order valence-electron chi connectivity index (χ1n) is 8.18. The molecule has 0 spiro atoms. The van der Waals surface area contributed by atoms with Crippen LogP contribution in [0.3, 0.4) is 0 Å². The van der Waals surface area contributed by atoms with Crippen LogP contribution in [0.1, 0.15) is 30.4 Å². The summed E-state index contributed by atoms with van der Waals surface area (Å²) in [5.41, 5.74) is 2.28. The lowest BCUT2D eigenvalue weighted by Gasteiger charge is -2.22. The Hall–Kier alpha value is -2.21. The third kappa shape index (κ3) is 4.63. The number of piperidine rings is 1. The number of hydrogen-bond donors (Lipinski definition) is 2. The van der Waals surface area contributed by atoms with Crippen molar-refractivity contribution in [1.29, 1.82) is 0 Å². The van der Waals surface area contributed by atoms with Gasteiger partial charge in [0, 0.05) is 13.0 Å². The number of carbonyl (C=O) groups excluding carboxylic acids is 1. The van der Waals surface area contributed by atoms with E-state index >= 15 is 0 Å². The highest BCUT2D eigenvalue weighted by molar-refractivity contribution is 5.76. The van der Waals surface area contributed by atoms with Gasteiger partial charge in [-0.2, -0.15) is 5.10 Å². The van der Waals surface area contributed by atoms with Crippen LogP contribution in [0.15, 0.2) is 36.9 Å². The minimum absolute atomic E-state index is 0.146. The van der Waals surface area contributed by atoms with Crippen molar-refractivity contribution in [1.82, 2.24) is 25.4 Å². The minimum Gasteiger partial charge on any atom is -0.352 e. The summed E-state index contributed by atoms with van der Waals surface area (Å²) in [5.74, 6) is 0.661. The number of aromatic nitrogens is 3. The Bertz CT molecular complexity index is 620. The van der Waals surface area contributed by atoms with Crippen molar-refractivity contribution in [3.05, 3.63) is 48.0 Å². The summed E-state index contributed by atoms with van der Waals surface area (Å²) in [7, 11) is 0. The van der Waals surface area contributed by atoms with E-state index in [9.17, 15) is 4.79 Å². The van der Waals surface area contributed by atoms with Gasteiger partial charge < -0.3 is 10.6 Å². The van der Waals surface area contributed by atoms with Gasteiger partial charge in [0.1, 0.15) is 12.7 Å². The largest absolute Gasteiger partial charge is 0.352 e. The molecule has 0 unspecified atom stereocenters. The smallest absolute Gasteiger partial charge is 0.220 e. The topological polar surface area (TPSA) is 71.8 Å². The molecule has 122 valence electrons. The van der Waals surface area contributed by atoms with Crippen LogP contribution >= 0.6 is 0 Å². The predicted octanol–water partition coefficient (Wildman–Crippen LogP) is 1.33. The minimum atomic E-state index is 0.146. The molecular weight excluding hydrogens is 290 g/mol. The van der Waals surface area contributed by atoms with E-state index in [1.165, 1.54) is 6.33 Å². The van der Waals surface area contributed by atoms with Crippen LogP contribution in [0.5, 0.6) is 0 Å². The summed E-state index contributed by atoms with van der Waals surface area (Å²) in [4.78, 5) is 16.1. The van der Waals surface area contributed by atoms with Crippen molar-refractivity contribution in [2.45, 2.75) is 32.4 Å². The van der Waals surface area contributed by atoms with Crippen LogP contribution in [-0.4, -0.2) is 33.8 Å². The Morgan fingerprint density at radius 2 is 2.04 bits per heavy atom. The van der Waals surface area contributed by atoms with Gasteiger partial charge >= 0.3 is 0 Å². The van der Waals surface area contributed by atoms with E-state index in [1.54, 1.807) is 11.0 Å². The maximum absolute atomic E-state index is 12.2. The molecule has 0 radical (unpaired) electrons. The molecule has 0 bridgehead atoms. The van der Waals surface area contributed by atoms with Crippen molar-refractivity contribution in [2.24, 2.45) is 5.92 Å². The van der Waals surface area contributed by atoms with Gasteiger partial charge in [0.2, 0.25) is 5.91 Å². The van der Waals surface area contributed by atoms with Crippen LogP contribution in [0.25, 0.3) is 0 Å². The van der Waals surface area contributed by atoms with Gasteiger partial charge in [-0.15, -0.1) is 0 Å². The van der Waals surface area contributed by atoms with E-state index < -0.39 is 0 Å². The molecule has 0 aliphatic carbocycles. The molecule has 2 N–H and O–H groups in total. The van der Waals surface area contributed by atoms with Gasteiger partial charge in [-0.05, 0) is 43.0 Å². The third-order valence-electron chi connectivity index (χ3n) is 4.33. The third-order valence-corrected chi connectivity index (χ3v) is 4.33. The second-order valence-corrected chi connectivity index (χ2v) is 6.04. The van der Waals surface area contributed by atoms with Gasteiger partial charge in [0.15, 0.2) is 0 Å². The van der Waals surface area contributed by atoms with E-state index in [0.29, 0.717) is 25.4 Å². The number of benzene rings is 1. The SMILES string of the molecule is O=C(CC1CCNCC1)NCc1ccccc1Cn1cncn1. The summed E-state index contributed by atoms with van der Waals surface area (Å²) >= 11 is 0. The van der Waals surface area contributed by atoms with Crippen molar-refractivity contribution in [3.63, 3.8) is 0 Å². The van der Waals surface area contributed by atoms with E-state index in [4.69, 9.17) is 0 Å². The maximum atomic E-state index is 12.2. The second kappa shape index (κ2) is 7.87. The highest BCUT2D eigenvalue weighted by Crippen LogP contribution is 2.16. The number of nitrogens with zero attached hydrogens (tertiary/aromatic N) is 3. The maximum Gasteiger partial charge on any atom is 0.220 e. The van der Waals surface area contributed by atoms with Crippen molar-refractivity contribution in [3.8, 4) is 0 Å². The molecule has 0 saturated carbocycles. The summed E-state index contributed by atoms with van der Waals surface area (Å²) in [6.07, 6.45) is 6.05. The number of rotatable bonds is 6. The van der Waals surface area contributed by atoms with Crippen LogP contribution < -0.4 is 10.6 Å². The highest BCUT2D eigenvalue weighted by atomic mass is 16.1. The van der Waals surface area contributed by atoms with Gasteiger partial charge in [-0.1, -0.05) is 24.3 Å². The Morgan fingerprint density at radius 1 is 1.26 bits per heavy atom. The molecule has 23 heavy (non-hydrogen) atoms. The molecule has 6 nitrogen and oxygen atoms in total. The molecule has 1 aliphatic rings. The molecule has 1 aliphatic heterocycles. The second-order valence-electron chi connectivity index (χ2n) is 6.04. The van der Waals surface area contributed by atoms with Crippen LogP contribution in [0, 0.1) is 5.92 Å². The fourth-order valence-corrected chi connectivity index (χ4v) is 2.99. The first-order valence-corrected chi connectivity index (χ1v) is 8.18. The van der Waals surface area contributed by atoms with Crippen LogP contribution in [-0.2, 0) is 17.9 Å². The van der Waals surface area contributed by atoms with Gasteiger partial charge in [0.25, 0.3) is 0 Å². The summed E-state index contributed by atoms with van der Waals surface area (Å²) in [6, 6.07) is 8.12. The zero-order valence-corrected chi connectivity index (χ0v) is 13.2. The lowest BCUT2D eigenvalue weighted by Crippen LogP contribution is -2.32. The van der Waals surface area contributed by atoms with E-state index in [2.05, 4.69) is 32.8 Å². The first kappa shape index (κ1) is 15.7. The zero-order chi connectivity index (χ0) is 15.9. The lowest BCUT2D eigenvalue weighted by atomic mass is 9.94. The van der Waals surface area contributed by atoms with Crippen molar-refractivity contribution < 1.29 is 4.79 Å². The van der Waals surface area contributed by atoms with E-state index in [0.717, 1.165) is 37.1 Å². The molecular formula is C17H23N5O. The Morgan fingerprint density at radius 3 is 2.78 bits per heavy atom. The van der Waals surface area contributed by atoms with Crippen LogP contribution in [0.4, 0.5) is 0 Å². The summed E-state index contributed by atoms with van der Waals surface area (Å²) < 4.78 is 1.79. The van der Waals surface area contributed by atoms with Gasteiger partial charge in [-0.25, -0.2) is 9.67 Å².